The zero-order chi connectivity index (χ0) is 16.5. The van der Waals surface area contributed by atoms with Crippen LogP contribution in [0.4, 0.5) is 5.82 Å². The van der Waals surface area contributed by atoms with Crippen molar-refractivity contribution in [3.05, 3.63) is 66.2 Å². The highest BCUT2D eigenvalue weighted by molar-refractivity contribution is 5.79. The lowest BCUT2D eigenvalue weighted by Crippen LogP contribution is -1.95. The van der Waals surface area contributed by atoms with Gasteiger partial charge in [-0.05, 0) is 36.8 Å². The molecule has 0 aliphatic heterocycles. The second-order valence-electron chi connectivity index (χ2n) is 4.97. The number of aldehydes is 1. The monoisotopic (exact) mass is 308 g/mol. The number of nitrogen functional groups attached to an aromatic ring is 1. The molecule has 3 aromatic rings. The predicted molar refractivity (Wildman–Crippen MR) is 93.8 cm³/mol. The Labute approximate surface area is 135 Å². The molecule has 0 amide bonds. The number of nitrogens with zero attached hydrogens (tertiary/aromatic N) is 1. The molecule has 0 saturated heterocycles. The molecule has 0 unspecified atom stereocenters. The van der Waals surface area contributed by atoms with Gasteiger partial charge in [0, 0.05) is 10.9 Å². The van der Waals surface area contributed by atoms with Gasteiger partial charge in [0.15, 0.2) is 0 Å². The van der Waals surface area contributed by atoms with Gasteiger partial charge in [0.1, 0.15) is 17.9 Å². The van der Waals surface area contributed by atoms with Crippen molar-refractivity contribution in [1.82, 2.24) is 4.98 Å². The van der Waals surface area contributed by atoms with Crippen molar-refractivity contribution in [3.63, 3.8) is 0 Å². The first-order chi connectivity index (χ1) is 11.2. The molecule has 0 fully saturated rings. The molecule has 0 aliphatic carbocycles. The zero-order valence-corrected chi connectivity index (χ0v) is 13.1. The maximum absolute atomic E-state index is 10.4. The molecule has 0 bridgehead atoms. The van der Waals surface area contributed by atoms with Gasteiger partial charge in [-0.15, -0.1) is 0 Å². The molecular weight excluding hydrogens is 288 g/mol. The smallest absolute Gasteiger partial charge is 0.150 e. The number of carbonyl (C=O) groups is 1. The number of hydrogen-bond acceptors (Lipinski definition) is 4. The summed E-state index contributed by atoms with van der Waals surface area (Å²) in [5.41, 5.74) is 7.12. The molecule has 2 N–H and O–H groups in total. The lowest BCUT2D eigenvalue weighted by Gasteiger charge is -2.03. The predicted octanol–water partition coefficient (Wildman–Crippen LogP) is 4.10. The standard InChI is InChI=1S/C10H12O2.C9H8N2/c1-2-6-12-10-5-3-4-9(7-10)8-11;10-9-6-5-7-3-1-2-4-8(7)11-9/h3-5,7-8H,2,6H2,1H3;1-6H,(H2,10,11). The summed E-state index contributed by atoms with van der Waals surface area (Å²) in [6, 6.07) is 18.8. The fourth-order valence-electron chi connectivity index (χ4n) is 1.98. The summed E-state index contributed by atoms with van der Waals surface area (Å²) in [6.45, 7) is 2.74. The third kappa shape index (κ3) is 5.11. The fourth-order valence-corrected chi connectivity index (χ4v) is 1.98. The van der Waals surface area contributed by atoms with Gasteiger partial charge >= 0.3 is 0 Å². The number of para-hydroxylation sites is 1. The van der Waals surface area contributed by atoms with Crippen LogP contribution in [-0.4, -0.2) is 17.9 Å². The second-order valence-corrected chi connectivity index (χ2v) is 4.97. The van der Waals surface area contributed by atoms with E-state index in [0.29, 0.717) is 18.0 Å². The molecule has 0 spiro atoms. The average Bonchev–Trinajstić information content (AvgIpc) is 2.60. The number of benzene rings is 2. The third-order valence-electron chi connectivity index (χ3n) is 3.09. The van der Waals surface area contributed by atoms with Crippen molar-refractivity contribution >= 4 is 23.0 Å². The van der Waals surface area contributed by atoms with Crippen molar-refractivity contribution in [2.75, 3.05) is 12.3 Å². The van der Waals surface area contributed by atoms with Crippen LogP contribution in [0.2, 0.25) is 0 Å². The highest BCUT2D eigenvalue weighted by Gasteiger charge is 1.94. The average molecular weight is 308 g/mol. The van der Waals surface area contributed by atoms with E-state index < -0.39 is 0 Å². The maximum atomic E-state index is 10.4. The zero-order valence-electron chi connectivity index (χ0n) is 13.1. The topological polar surface area (TPSA) is 65.2 Å². The Balaban J connectivity index is 0.000000167. The first kappa shape index (κ1) is 16.5. The van der Waals surface area contributed by atoms with E-state index in [4.69, 9.17) is 10.5 Å². The summed E-state index contributed by atoms with van der Waals surface area (Å²) >= 11 is 0. The van der Waals surface area contributed by atoms with Crippen molar-refractivity contribution in [2.45, 2.75) is 13.3 Å². The van der Waals surface area contributed by atoms with Gasteiger partial charge in [-0.2, -0.15) is 0 Å². The maximum Gasteiger partial charge on any atom is 0.150 e. The van der Waals surface area contributed by atoms with Gasteiger partial charge in [0.25, 0.3) is 0 Å². The van der Waals surface area contributed by atoms with Crippen LogP contribution < -0.4 is 10.5 Å². The molecule has 0 atom stereocenters. The quantitative estimate of drug-likeness (QED) is 0.737. The Kier molecular flexibility index (Phi) is 6.12. The molecule has 4 heteroatoms. The molecule has 4 nitrogen and oxygen atoms in total. The second kappa shape index (κ2) is 8.54. The van der Waals surface area contributed by atoms with Crippen LogP contribution >= 0.6 is 0 Å². The lowest BCUT2D eigenvalue weighted by atomic mass is 10.2. The summed E-state index contributed by atoms with van der Waals surface area (Å²) < 4.78 is 5.34. The Morgan fingerprint density at radius 2 is 1.91 bits per heavy atom. The van der Waals surface area contributed by atoms with Crippen molar-refractivity contribution in [2.24, 2.45) is 0 Å². The molecule has 0 radical (unpaired) electrons. The molecular formula is C19H20N2O2. The van der Waals surface area contributed by atoms with E-state index >= 15 is 0 Å². The van der Waals surface area contributed by atoms with Crippen LogP contribution in [0.5, 0.6) is 5.75 Å². The normalized spacial score (nSPS) is 9.78. The Bertz CT molecular complexity index is 772. The SMILES string of the molecule is CCCOc1cccc(C=O)c1.Nc1ccc2ccccc2n1. The number of carbonyl (C=O) groups excluding carboxylic acids is 1. The van der Waals surface area contributed by atoms with Gasteiger partial charge in [-0.3, -0.25) is 4.79 Å². The molecule has 1 heterocycles. The van der Waals surface area contributed by atoms with Crippen LogP contribution in [0.25, 0.3) is 10.9 Å². The van der Waals surface area contributed by atoms with E-state index in [-0.39, 0.29) is 0 Å². The number of anilines is 1. The first-order valence-electron chi connectivity index (χ1n) is 7.52. The molecule has 2 aromatic carbocycles. The lowest BCUT2D eigenvalue weighted by molar-refractivity contribution is 0.112. The number of nitrogens with two attached hydrogens (primary N) is 1. The van der Waals surface area contributed by atoms with Crippen molar-refractivity contribution in [1.29, 1.82) is 0 Å². The molecule has 118 valence electrons. The van der Waals surface area contributed by atoms with E-state index in [1.807, 2.05) is 55.5 Å². The first-order valence-corrected chi connectivity index (χ1v) is 7.52. The summed E-state index contributed by atoms with van der Waals surface area (Å²) in [5.74, 6) is 1.34. The summed E-state index contributed by atoms with van der Waals surface area (Å²) in [4.78, 5) is 14.5. The van der Waals surface area contributed by atoms with E-state index in [2.05, 4.69) is 4.98 Å². The Morgan fingerprint density at radius 1 is 1.09 bits per heavy atom. The number of hydrogen-bond donors (Lipinski definition) is 1. The number of pyridine rings is 1. The Morgan fingerprint density at radius 3 is 2.70 bits per heavy atom. The van der Waals surface area contributed by atoms with E-state index in [9.17, 15) is 4.79 Å². The van der Waals surface area contributed by atoms with Crippen molar-refractivity contribution < 1.29 is 9.53 Å². The molecule has 23 heavy (non-hydrogen) atoms. The highest BCUT2D eigenvalue weighted by Crippen LogP contribution is 2.12. The van der Waals surface area contributed by atoms with Crippen LogP contribution in [0.1, 0.15) is 23.7 Å². The number of ether oxygens (including phenoxy) is 1. The number of fused-ring (bicyclic) bond motifs is 1. The molecule has 1 aromatic heterocycles. The van der Waals surface area contributed by atoms with Gasteiger partial charge in [0.05, 0.1) is 12.1 Å². The van der Waals surface area contributed by atoms with Crippen LogP contribution in [-0.2, 0) is 0 Å². The minimum Gasteiger partial charge on any atom is -0.494 e. The minimum atomic E-state index is 0.573. The van der Waals surface area contributed by atoms with Gasteiger partial charge < -0.3 is 10.5 Å². The van der Waals surface area contributed by atoms with E-state index in [1.54, 1.807) is 12.1 Å². The van der Waals surface area contributed by atoms with Crippen molar-refractivity contribution in [3.8, 4) is 5.75 Å². The molecule has 0 aliphatic rings. The van der Waals surface area contributed by atoms with Crippen LogP contribution in [0, 0.1) is 0 Å². The summed E-state index contributed by atoms with van der Waals surface area (Å²) in [5, 5.41) is 1.13. The third-order valence-corrected chi connectivity index (χ3v) is 3.09. The summed E-state index contributed by atoms with van der Waals surface area (Å²) in [7, 11) is 0. The van der Waals surface area contributed by atoms with E-state index in [0.717, 1.165) is 29.4 Å². The minimum absolute atomic E-state index is 0.573. The largest absolute Gasteiger partial charge is 0.494 e. The summed E-state index contributed by atoms with van der Waals surface area (Å²) in [6.07, 6.45) is 1.80. The van der Waals surface area contributed by atoms with Gasteiger partial charge in [-0.1, -0.05) is 37.3 Å². The molecule has 0 saturated carbocycles. The molecule has 3 rings (SSSR count). The van der Waals surface area contributed by atoms with Crippen LogP contribution in [0.15, 0.2) is 60.7 Å². The fraction of sp³-hybridized carbons (Fsp3) is 0.158. The number of aromatic nitrogens is 1. The Hall–Kier alpha value is -2.88. The van der Waals surface area contributed by atoms with E-state index in [1.165, 1.54) is 0 Å². The van der Waals surface area contributed by atoms with Gasteiger partial charge in [-0.25, -0.2) is 4.98 Å². The number of rotatable bonds is 4. The highest BCUT2D eigenvalue weighted by atomic mass is 16.5. The van der Waals surface area contributed by atoms with Gasteiger partial charge in [0.2, 0.25) is 0 Å². The van der Waals surface area contributed by atoms with Crippen LogP contribution in [0.3, 0.4) is 0 Å².